The molecular formula is C10H15NO3. The molecule has 0 saturated heterocycles. The Kier molecular flexibility index (Phi) is 3.68. The van der Waals surface area contributed by atoms with Crippen LogP contribution in [0.1, 0.15) is 39.0 Å². The van der Waals surface area contributed by atoms with Gasteiger partial charge in [-0.05, 0) is 25.7 Å². The lowest BCUT2D eigenvalue weighted by molar-refractivity contribution is -0.132. The lowest BCUT2D eigenvalue weighted by Gasteiger charge is -2.09. The van der Waals surface area contributed by atoms with Crippen molar-refractivity contribution in [2.45, 2.75) is 39.0 Å². The molecule has 4 nitrogen and oxygen atoms in total. The van der Waals surface area contributed by atoms with E-state index in [0.717, 1.165) is 19.3 Å². The lowest BCUT2D eigenvalue weighted by atomic mass is 10.1. The van der Waals surface area contributed by atoms with Crippen LogP contribution in [0, 0.1) is 0 Å². The Hall–Kier alpha value is -1.32. The molecule has 0 fully saturated rings. The predicted molar refractivity (Wildman–Crippen MR) is 51.6 cm³/mol. The number of allylic oxidation sites excluding steroid dienone is 1. The van der Waals surface area contributed by atoms with Gasteiger partial charge in [0.05, 0.1) is 5.57 Å². The van der Waals surface area contributed by atoms with Crippen LogP contribution in [0.15, 0.2) is 11.3 Å². The van der Waals surface area contributed by atoms with E-state index in [0.29, 0.717) is 24.1 Å². The fraction of sp³-hybridized carbons (Fsp3) is 0.600. The van der Waals surface area contributed by atoms with Crippen molar-refractivity contribution in [3.05, 3.63) is 11.3 Å². The van der Waals surface area contributed by atoms with Gasteiger partial charge in [-0.2, -0.15) is 0 Å². The molecule has 1 aliphatic carbocycles. The van der Waals surface area contributed by atoms with Gasteiger partial charge in [0.1, 0.15) is 0 Å². The fourth-order valence-electron chi connectivity index (χ4n) is 1.67. The van der Waals surface area contributed by atoms with E-state index < -0.39 is 5.97 Å². The maximum atomic E-state index is 10.9. The third-order valence-electron chi connectivity index (χ3n) is 2.30. The molecule has 0 radical (unpaired) electrons. The summed E-state index contributed by atoms with van der Waals surface area (Å²) in [6.45, 7) is 1.40. The maximum absolute atomic E-state index is 10.9. The molecular weight excluding hydrogens is 182 g/mol. The molecule has 4 heteroatoms. The predicted octanol–water partition coefficient (Wildman–Crippen LogP) is 1.43. The first-order valence-electron chi connectivity index (χ1n) is 4.84. The molecule has 14 heavy (non-hydrogen) atoms. The topological polar surface area (TPSA) is 66.4 Å². The van der Waals surface area contributed by atoms with Crippen molar-refractivity contribution in [2.75, 3.05) is 0 Å². The van der Waals surface area contributed by atoms with E-state index in [9.17, 15) is 9.59 Å². The van der Waals surface area contributed by atoms with Crippen LogP contribution in [-0.2, 0) is 9.59 Å². The number of hydrogen-bond donors (Lipinski definition) is 2. The summed E-state index contributed by atoms with van der Waals surface area (Å²) in [5.74, 6) is -1.10. The van der Waals surface area contributed by atoms with E-state index in [1.54, 1.807) is 0 Å². The molecule has 1 amide bonds. The monoisotopic (exact) mass is 197 g/mol. The second kappa shape index (κ2) is 4.79. The van der Waals surface area contributed by atoms with E-state index in [1.165, 1.54) is 6.92 Å². The minimum Gasteiger partial charge on any atom is -0.478 e. The summed E-state index contributed by atoms with van der Waals surface area (Å²) in [6, 6.07) is 0. The normalized spacial score (nSPS) is 17.5. The molecule has 0 atom stereocenters. The quantitative estimate of drug-likeness (QED) is 0.703. The first-order valence-corrected chi connectivity index (χ1v) is 4.84. The zero-order chi connectivity index (χ0) is 10.6. The number of aliphatic carboxylic acids is 1. The molecule has 0 aliphatic heterocycles. The van der Waals surface area contributed by atoms with Gasteiger partial charge in [-0.15, -0.1) is 0 Å². The Morgan fingerprint density at radius 1 is 1.21 bits per heavy atom. The van der Waals surface area contributed by atoms with E-state index in [-0.39, 0.29) is 5.91 Å². The Labute approximate surface area is 83.0 Å². The fourth-order valence-corrected chi connectivity index (χ4v) is 1.67. The smallest absolute Gasteiger partial charge is 0.333 e. The molecule has 1 rings (SSSR count). The summed E-state index contributed by atoms with van der Waals surface area (Å²) < 4.78 is 0. The van der Waals surface area contributed by atoms with Gasteiger partial charge in [-0.25, -0.2) is 4.79 Å². The Bertz CT molecular complexity index is 281. The van der Waals surface area contributed by atoms with Crippen LogP contribution in [0.5, 0.6) is 0 Å². The Balaban J connectivity index is 2.86. The molecule has 0 aromatic carbocycles. The van der Waals surface area contributed by atoms with Gasteiger partial charge in [0.25, 0.3) is 0 Å². The standard InChI is InChI=1S/C10H15NO3/c1-7(12)11-9-6-4-2-3-5-8(9)10(13)14/h2-6H2,1H3,(H,11,12)(H,13,14). The zero-order valence-corrected chi connectivity index (χ0v) is 8.30. The van der Waals surface area contributed by atoms with Crippen molar-refractivity contribution in [3.8, 4) is 0 Å². The van der Waals surface area contributed by atoms with E-state index in [2.05, 4.69) is 5.32 Å². The number of nitrogens with one attached hydrogen (secondary N) is 1. The van der Waals surface area contributed by atoms with Crippen LogP contribution in [0.3, 0.4) is 0 Å². The van der Waals surface area contributed by atoms with Crippen LogP contribution in [-0.4, -0.2) is 17.0 Å². The van der Waals surface area contributed by atoms with Gasteiger partial charge < -0.3 is 10.4 Å². The molecule has 0 aromatic heterocycles. The number of rotatable bonds is 2. The zero-order valence-electron chi connectivity index (χ0n) is 8.30. The van der Waals surface area contributed by atoms with Crippen molar-refractivity contribution in [1.82, 2.24) is 5.32 Å². The minimum absolute atomic E-state index is 0.194. The van der Waals surface area contributed by atoms with Gasteiger partial charge in [0.15, 0.2) is 0 Å². The Morgan fingerprint density at radius 2 is 1.86 bits per heavy atom. The summed E-state index contributed by atoms with van der Waals surface area (Å²) in [7, 11) is 0. The average Bonchev–Trinajstić information content (AvgIpc) is 2.28. The van der Waals surface area contributed by atoms with Gasteiger partial charge in [-0.1, -0.05) is 6.42 Å². The van der Waals surface area contributed by atoms with Gasteiger partial charge in [0, 0.05) is 12.6 Å². The van der Waals surface area contributed by atoms with Crippen molar-refractivity contribution in [2.24, 2.45) is 0 Å². The summed E-state index contributed by atoms with van der Waals surface area (Å²) in [5.41, 5.74) is 0.972. The van der Waals surface area contributed by atoms with Gasteiger partial charge in [-0.3, -0.25) is 4.79 Å². The summed E-state index contributed by atoms with van der Waals surface area (Å²) in [6.07, 6.45) is 4.10. The minimum atomic E-state index is -0.907. The maximum Gasteiger partial charge on any atom is 0.333 e. The molecule has 0 spiro atoms. The number of hydrogen-bond acceptors (Lipinski definition) is 2. The van der Waals surface area contributed by atoms with E-state index in [4.69, 9.17) is 5.11 Å². The van der Waals surface area contributed by atoms with E-state index in [1.807, 2.05) is 0 Å². The molecule has 1 aliphatic rings. The molecule has 0 unspecified atom stereocenters. The lowest BCUT2D eigenvalue weighted by Crippen LogP contribution is -2.22. The van der Waals surface area contributed by atoms with Crippen molar-refractivity contribution < 1.29 is 14.7 Å². The van der Waals surface area contributed by atoms with Crippen molar-refractivity contribution in [1.29, 1.82) is 0 Å². The van der Waals surface area contributed by atoms with Crippen molar-refractivity contribution >= 4 is 11.9 Å². The highest BCUT2D eigenvalue weighted by atomic mass is 16.4. The highest BCUT2D eigenvalue weighted by Crippen LogP contribution is 2.22. The molecule has 0 aromatic rings. The molecule has 0 bridgehead atoms. The Morgan fingerprint density at radius 3 is 2.43 bits per heavy atom. The number of carboxylic acids is 1. The van der Waals surface area contributed by atoms with Gasteiger partial charge >= 0.3 is 5.97 Å². The van der Waals surface area contributed by atoms with Crippen LogP contribution >= 0.6 is 0 Å². The summed E-state index contributed by atoms with van der Waals surface area (Å²) >= 11 is 0. The highest BCUT2D eigenvalue weighted by Gasteiger charge is 2.17. The van der Waals surface area contributed by atoms with Crippen LogP contribution in [0.4, 0.5) is 0 Å². The number of carbonyl (C=O) groups is 2. The SMILES string of the molecule is CC(=O)NC1=C(C(=O)O)CCCCC1. The first kappa shape index (κ1) is 10.8. The molecule has 2 N–H and O–H groups in total. The summed E-state index contributed by atoms with van der Waals surface area (Å²) in [4.78, 5) is 21.7. The van der Waals surface area contributed by atoms with E-state index >= 15 is 0 Å². The van der Waals surface area contributed by atoms with Crippen LogP contribution in [0.2, 0.25) is 0 Å². The third kappa shape index (κ3) is 2.87. The van der Waals surface area contributed by atoms with Crippen molar-refractivity contribution in [3.63, 3.8) is 0 Å². The average molecular weight is 197 g/mol. The van der Waals surface area contributed by atoms with Gasteiger partial charge in [0.2, 0.25) is 5.91 Å². The highest BCUT2D eigenvalue weighted by molar-refractivity contribution is 5.88. The molecule has 0 heterocycles. The number of carboxylic acid groups (broad SMARTS) is 1. The summed E-state index contributed by atoms with van der Waals surface area (Å²) in [5, 5.41) is 11.6. The first-order chi connectivity index (χ1) is 6.61. The van der Waals surface area contributed by atoms with Crippen LogP contribution in [0.25, 0.3) is 0 Å². The number of carbonyl (C=O) groups excluding carboxylic acids is 1. The third-order valence-corrected chi connectivity index (χ3v) is 2.30. The van der Waals surface area contributed by atoms with Crippen LogP contribution < -0.4 is 5.32 Å². The second-order valence-electron chi connectivity index (χ2n) is 3.50. The molecule has 0 saturated carbocycles. The second-order valence-corrected chi connectivity index (χ2v) is 3.50. The number of amides is 1. The molecule has 78 valence electrons. The largest absolute Gasteiger partial charge is 0.478 e.